The van der Waals surface area contributed by atoms with Gasteiger partial charge in [0.05, 0.1) is 11.0 Å². The quantitative estimate of drug-likeness (QED) is 0.632. The molecule has 20 heavy (non-hydrogen) atoms. The Bertz CT molecular complexity index is 501. The minimum absolute atomic E-state index is 0.0120. The summed E-state index contributed by atoms with van der Waals surface area (Å²) in [7, 11) is 0. The molecule has 1 heterocycles. The van der Waals surface area contributed by atoms with E-state index in [9.17, 15) is 10.1 Å². The van der Waals surface area contributed by atoms with Crippen LogP contribution >= 0.6 is 0 Å². The van der Waals surface area contributed by atoms with E-state index in [4.69, 9.17) is 15.2 Å². The average molecular weight is 279 g/mol. The van der Waals surface area contributed by atoms with Gasteiger partial charge in [0.25, 0.3) is 11.7 Å². The van der Waals surface area contributed by atoms with E-state index in [0.29, 0.717) is 18.8 Å². The number of nitro groups is 1. The molecule has 2 N–H and O–H groups in total. The van der Waals surface area contributed by atoms with Gasteiger partial charge in [0, 0.05) is 18.6 Å². The summed E-state index contributed by atoms with van der Waals surface area (Å²) in [5, 5.41) is 10.6. The second-order valence-electron chi connectivity index (χ2n) is 4.57. The molecule has 2 rings (SSSR count). The van der Waals surface area contributed by atoms with Crippen molar-refractivity contribution < 1.29 is 14.4 Å². The first-order valence-electron chi connectivity index (χ1n) is 6.45. The van der Waals surface area contributed by atoms with E-state index in [1.165, 1.54) is 12.1 Å². The summed E-state index contributed by atoms with van der Waals surface area (Å²) in [5.74, 6) is 0.610. The second-order valence-corrected chi connectivity index (χ2v) is 4.57. The number of nitro benzene ring substituents is 1. The maximum Gasteiger partial charge on any atom is 0.282 e. The molecule has 1 aromatic carbocycles. The van der Waals surface area contributed by atoms with Crippen LogP contribution < -0.4 is 10.5 Å². The first kappa shape index (κ1) is 14.1. The van der Waals surface area contributed by atoms with E-state index in [2.05, 4.69) is 4.99 Å². The van der Waals surface area contributed by atoms with Crippen LogP contribution in [-0.2, 0) is 4.74 Å². The maximum absolute atomic E-state index is 10.6. The van der Waals surface area contributed by atoms with Crippen molar-refractivity contribution >= 4 is 11.7 Å². The fourth-order valence-electron chi connectivity index (χ4n) is 2.00. The summed E-state index contributed by atoms with van der Waals surface area (Å²) < 4.78 is 10.9. The number of benzene rings is 1. The monoisotopic (exact) mass is 279 g/mol. The van der Waals surface area contributed by atoms with Crippen LogP contribution in [0.3, 0.4) is 0 Å². The van der Waals surface area contributed by atoms with Crippen molar-refractivity contribution in [3.63, 3.8) is 0 Å². The molecule has 7 heteroatoms. The van der Waals surface area contributed by atoms with Crippen molar-refractivity contribution in [3.05, 3.63) is 34.4 Å². The van der Waals surface area contributed by atoms with E-state index in [1.54, 1.807) is 12.1 Å². The number of aliphatic imine (C=N–C) groups is 1. The summed E-state index contributed by atoms with van der Waals surface area (Å²) in [6, 6.07) is 6.29. The fraction of sp³-hybridized carbons (Fsp3) is 0.462. The van der Waals surface area contributed by atoms with Gasteiger partial charge in [-0.15, -0.1) is 0 Å². The molecule has 1 aliphatic rings. The molecule has 1 aromatic rings. The molecular weight excluding hydrogens is 262 g/mol. The van der Waals surface area contributed by atoms with Crippen molar-refractivity contribution in [1.82, 2.24) is 0 Å². The van der Waals surface area contributed by atoms with Crippen LogP contribution in [0.4, 0.5) is 5.69 Å². The molecule has 2 atom stereocenters. The number of nitrogens with two attached hydrogens (primary N) is 1. The molecule has 0 radical (unpaired) electrons. The second kappa shape index (κ2) is 6.23. The average Bonchev–Trinajstić information content (AvgIpc) is 2.84. The lowest BCUT2D eigenvalue weighted by atomic mass is 10.1. The van der Waals surface area contributed by atoms with Crippen molar-refractivity contribution in [2.75, 3.05) is 6.61 Å². The number of ether oxygens (including phenoxy) is 2. The van der Waals surface area contributed by atoms with Gasteiger partial charge < -0.3 is 15.2 Å². The summed E-state index contributed by atoms with van der Waals surface area (Å²) >= 11 is 0. The smallest absolute Gasteiger partial charge is 0.282 e. The standard InChI is InChI=1S/C13H17N3O4/c1-2-11(7-9-8-19-13(14)15-9)20-12-5-3-10(4-6-12)16(17)18/h3-6,9,11H,2,7-8H2,1H3,(H2,14,15). The number of amidine groups is 1. The van der Waals surface area contributed by atoms with E-state index in [1.807, 2.05) is 6.92 Å². The molecule has 1 aliphatic heterocycles. The van der Waals surface area contributed by atoms with Crippen LogP contribution in [0.1, 0.15) is 19.8 Å². The van der Waals surface area contributed by atoms with Gasteiger partial charge in [-0.2, -0.15) is 0 Å². The fourth-order valence-corrected chi connectivity index (χ4v) is 2.00. The van der Waals surface area contributed by atoms with Gasteiger partial charge in [-0.3, -0.25) is 10.1 Å². The molecule has 2 unspecified atom stereocenters. The number of hydrogen-bond donors (Lipinski definition) is 1. The third kappa shape index (κ3) is 3.59. The highest BCUT2D eigenvalue weighted by Gasteiger charge is 2.22. The van der Waals surface area contributed by atoms with Gasteiger partial charge in [0.15, 0.2) is 0 Å². The maximum atomic E-state index is 10.6. The highest BCUT2D eigenvalue weighted by molar-refractivity contribution is 5.73. The Labute approximate surface area is 116 Å². The molecule has 0 saturated heterocycles. The van der Waals surface area contributed by atoms with Crippen molar-refractivity contribution in [1.29, 1.82) is 0 Å². The molecule has 0 spiro atoms. The van der Waals surface area contributed by atoms with Gasteiger partial charge in [0.1, 0.15) is 18.5 Å². The van der Waals surface area contributed by atoms with Crippen molar-refractivity contribution in [2.45, 2.75) is 31.9 Å². The predicted molar refractivity (Wildman–Crippen MR) is 73.8 cm³/mol. The summed E-state index contributed by atoms with van der Waals surface area (Å²) in [6.07, 6.45) is 1.48. The predicted octanol–water partition coefficient (Wildman–Crippen LogP) is 1.86. The lowest BCUT2D eigenvalue weighted by molar-refractivity contribution is -0.384. The van der Waals surface area contributed by atoms with Crippen LogP contribution in [0.25, 0.3) is 0 Å². The van der Waals surface area contributed by atoms with Crippen molar-refractivity contribution in [3.8, 4) is 5.75 Å². The highest BCUT2D eigenvalue weighted by Crippen LogP contribution is 2.21. The molecule has 0 aromatic heterocycles. The van der Waals surface area contributed by atoms with Gasteiger partial charge in [-0.1, -0.05) is 6.92 Å². The third-order valence-corrected chi connectivity index (χ3v) is 3.07. The zero-order valence-electron chi connectivity index (χ0n) is 11.2. The molecule has 108 valence electrons. The molecule has 0 fully saturated rings. The van der Waals surface area contributed by atoms with Gasteiger partial charge in [0.2, 0.25) is 0 Å². The van der Waals surface area contributed by atoms with Crippen molar-refractivity contribution in [2.24, 2.45) is 10.7 Å². The van der Waals surface area contributed by atoms with Gasteiger partial charge >= 0.3 is 0 Å². The Kier molecular flexibility index (Phi) is 4.39. The van der Waals surface area contributed by atoms with Gasteiger partial charge in [-0.25, -0.2) is 4.99 Å². The zero-order chi connectivity index (χ0) is 14.5. The topological polar surface area (TPSA) is 100.0 Å². The van der Waals surface area contributed by atoms with Crippen LogP contribution in [0.15, 0.2) is 29.3 Å². The minimum Gasteiger partial charge on any atom is -0.490 e. The first-order chi connectivity index (χ1) is 9.58. The van der Waals surface area contributed by atoms with Crippen LogP contribution in [0.2, 0.25) is 0 Å². The SMILES string of the molecule is CCC(CC1COC(N)=N1)Oc1ccc([N+](=O)[O-])cc1. The number of non-ortho nitro benzene ring substituents is 1. The number of hydrogen-bond acceptors (Lipinski definition) is 6. The Balaban J connectivity index is 1.94. The Morgan fingerprint density at radius 1 is 1.55 bits per heavy atom. The number of rotatable bonds is 6. The zero-order valence-corrected chi connectivity index (χ0v) is 11.2. The minimum atomic E-state index is -0.436. The van der Waals surface area contributed by atoms with E-state index >= 15 is 0 Å². The summed E-state index contributed by atoms with van der Waals surface area (Å²) in [6.45, 7) is 2.49. The lowest BCUT2D eigenvalue weighted by Crippen LogP contribution is -2.22. The molecule has 0 amide bonds. The third-order valence-electron chi connectivity index (χ3n) is 3.07. The molecule has 0 bridgehead atoms. The van der Waals surface area contributed by atoms with Gasteiger partial charge in [-0.05, 0) is 18.6 Å². The molecule has 7 nitrogen and oxygen atoms in total. The number of nitrogens with zero attached hydrogens (tertiary/aromatic N) is 2. The van der Waals surface area contributed by atoms with E-state index in [-0.39, 0.29) is 23.9 Å². The molecule has 0 aliphatic carbocycles. The van der Waals surface area contributed by atoms with E-state index in [0.717, 1.165) is 6.42 Å². The molecular formula is C13H17N3O4. The largest absolute Gasteiger partial charge is 0.490 e. The van der Waals surface area contributed by atoms with Crippen LogP contribution in [0.5, 0.6) is 5.75 Å². The molecule has 0 saturated carbocycles. The van der Waals surface area contributed by atoms with Crippen LogP contribution in [0, 0.1) is 10.1 Å². The highest BCUT2D eigenvalue weighted by atomic mass is 16.6. The normalized spacial score (nSPS) is 19.1. The Morgan fingerprint density at radius 2 is 2.25 bits per heavy atom. The lowest BCUT2D eigenvalue weighted by Gasteiger charge is -2.19. The van der Waals surface area contributed by atoms with Crippen LogP contribution in [-0.4, -0.2) is 29.7 Å². The summed E-state index contributed by atoms with van der Waals surface area (Å²) in [4.78, 5) is 14.3. The Morgan fingerprint density at radius 3 is 2.75 bits per heavy atom. The van der Waals surface area contributed by atoms with E-state index < -0.39 is 4.92 Å². The summed E-state index contributed by atoms with van der Waals surface area (Å²) in [5.41, 5.74) is 5.51. The Hall–Kier alpha value is -2.31. The first-order valence-corrected chi connectivity index (χ1v) is 6.45.